The summed E-state index contributed by atoms with van der Waals surface area (Å²) < 4.78 is 5.04. The van der Waals surface area contributed by atoms with Crippen LogP contribution in [0.2, 0.25) is 0 Å². The number of amides is 1. The van der Waals surface area contributed by atoms with E-state index in [2.05, 4.69) is 5.32 Å². The molecular formula is C14H15NO4. The fourth-order valence-corrected chi connectivity index (χ4v) is 2.01. The first-order valence-corrected chi connectivity index (χ1v) is 5.99. The van der Waals surface area contributed by atoms with Crippen LogP contribution in [0.1, 0.15) is 23.2 Å². The molecule has 0 atom stereocenters. The Hall–Kier alpha value is -2.30. The van der Waals surface area contributed by atoms with Crippen molar-refractivity contribution in [3.63, 3.8) is 0 Å². The quantitative estimate of drug-likeness (QED) is 0.815. The Bertz CT molecular complexity index is 528. The highest BCUT2D eigenvalue weighted by Gasteiger charge is 2.21. The van der Waals surface area contributed by atoms with E-state index in [0.717, 1.165) is 0 Å². The van der Waals surface area contributed by atoms with Crippen LogP contribution in [0.4, 0.5) is 5.69 Å². The monoisotopic (exact) mass is 261 g/mol. The number of carboxylic acids is 1. The molecule has 5 nitrogen and oxygen atoms in total. The SMILES string of the molecule is COc1ccc(C(=O)O)c(NC(=O)C2CC=CC2)c1. The van der Waals surface area contributed by atoms with E-state index >= 15 is 0 Å². The van der Waals surface area contributed by atoms with Gasteiger partial charge in [-0.3, -0.25) is 4.79 Å². The third kappa shape index (κ3) is 2.93. The first-order chi connectivity index (χ1) is 9.11. The van der Waals surface area contributed by atoms with Crippen LogP contribution in [0, 0.1) is 5.92 Å². The minimum absolute atomic E-state index is 0.0557. The first-order valence-electron chi connectivity index (χ1n) is 5.99. The number of hydrogen-bond acceptors (Lipinski definition) is 3. The van der Waals surface area contributed by atoms with Gasteiger partial charge < -0.3 is 15.2 Å². The smallest absolute Gasteiger partial charge is 0.337 e. The molecule has 1 amide bonds. The standard InChI is InChI=1S/C14H15NO4/c1-19-10-6-7-11(14(17)18)12(8-10)15-13(16)9-4-2-3-5-9/h2-3,6-9H,4-5H2,1H3,(H,15,16)(H,17,18). The van der Waals surface area contributed by atoms with Gasteiger partial charge in [-0.05, 0) is 25.0 Å². The van der Waals surface area contributed by atoms with Crippen molar-refractivity contribution in [2.45, 2.75) is 12.8 Å². The van der Waals surface area contributed by atoms with Crippen LogP contribution in [0.15, 0.2) is 30.4 Å². The molecule has 0 aliphatic heterocycles. The number of nitrogens with one attached hydrogen (secondary N) is 1. The summed E-state index contributed by atoms with van der Waals surface area (Å²) in [6.07, 6.45) is 5.29. The fraction of sp³-hybridized carbons (Fsp3) is 0.286. The Kier molecular flexibility index (Phi) is 3.85. The van der Waals surface area contributed by atoms with Crippen molar-refractivity contribution in [2.24, 2.45) is 5.92 Å². The lowest BCUT2D eigenvalue weighted by Gasteiger charge is -2.13. The van der Waals surface area contributed by atoms with Crippen LogP contribution in [-0.4, -0.2) is 24.1 Å². The molecule has 2 N–H and O–H groups in total. The van der Waals surface area contributed by atoms with E-state index in [0.29, 0.717) is 18.6 Å². The molecule has 2 rings (SSSR count). The molecule has 0 bridgehead atoms. The van der Waals surface area contributed by atoms with E-state index in [9.17, 15) is 9.59 Å². The molecule has 1 aromatic carbocycles. The minimum atomic E-state index is -1.08. The van der Waals surface area contributed by atoms with Crippen molar-refractivity contribution in [2.75, 3.05) is 12.4 Å². The van der Waals surface area contributed by atoms with E-state index in [1.165, 1.54) is 19.2 Å². The molecule has 1 aliphatic carbocycles. The molecule has 0 fully saturated rings. The Morgan fingerprint density at radius 1 is 1.32 bits per heavy atom. The van der Waals surface area contributed by atoms with Gasteiger partial charge in [0.1, 0.15) is 5.75 Å². The number of aromatic carboxylic acids is 1. The number of rotatable bonds is 4. The molecule has 100 valence electrons. The van der Waals surface area contributed by atoms with Gasteiger partial charge in [0.15, 0.2) is 0 Å². The van der Waals surface area contributed by atoms with Crippen LogP contribution >= 0.6 is 0 Å². The molecule has 19 heavy (non-hydrogen) atoms. The van der Waals surface area contributed by atoms with Crippen molar-refractivity contribution in [1.29, 1.82) is 0 Å². The van der Waals surface area contributed by atoms with E-state index in [4.69, 9.17) is 9.84 Å². The van der Waals surface area contributed by atoms with E-state index in [1.807, 2.05) is 12.2 Å². The van der Waals surface area contributed by atoms with Crippen LogP contribution in [-0.2, 0) is 4.79 Å². The summed E-state index contributed by atoms with van der Waals surface area (Å²) in [5.74, 6) is -0.860. The van der Waals surface area contributed by atoms with Gasteiger partial charge in [0.25, 0.3) is 0 Å². The normalized spacial score (nSPS) is 14.4. The summed E-state index contributed by atoms with van der Waals surface area (Å²) >= 11 is 0. The van der Waals surface area contributed by atoms with Gasteiger partial charge in [-0.25, -0.2) is 4.79 Å². The Morgan fingerprint density at radius 3 is 2.58 bits per heavy atom. The average molecular weight is 261 g/mol. The minimum Gasteiger partial charge on any atom is -0.497 e. The largest absolute Gasteiger partial charge is 0.497 e. The zero-order valence-corrected chi connectivity index (χ0v) is 10.6. The van der Waals surface area contributed by atoms with Crippen molar-refractivity contribution in [3.8, 4) is 5.75 Å². The number of ether oxygens (including phenoxy) is 1. The number of carbonyl (C=O) groups excluding carboxylic acids is 1. The number of carbonyl (C=O) groups is 2. The Balaban J connectivity index is 2.21. The molecule has 0 radical (unpaired) electrons. The molecule has 0 saturated heterocycles. The summed E-state index contributed by atoms with van der Waals surface area (Å²) in [6, 6.07) is 4.49. The molecule has 1 aliphatic rings. The highest BCUT2D eigenvalue weighted by molar-refractivity contribution is 6.01. The average Bonchev–Trinajstić information content (AvgIpc) is 2.92. The highest BCUT2D eigenvalue weighted by Crippen LogP contribution is 2.25. The number of carboxylic acid groups (broad SMARTS) is 1. The lowest BCUT2D eigenvalue weighted by atomic mass is 10.1. The van der Waals surface area contributed by atoms with Gasteiger partial charge >= 0.3 is 5.97 Å². The fourth-order valence-electron chi connectivity index (χ4n) is 2.01. The molecule has 0 heterocycles. The van der Waals surface area contributed by atoms with Gasteiger partial charge in [0.05, 0.1) is 18.4 Å². The number of allylic oxidation sites excluding steroid dienone is 2. The highest BCUT2D eigenvalue weighted by atomic mass is 16.5. The summed E-state index contributed by atoms with van der Waals surface area (Å²) in [7, 11) is 1.49. The predicted octanol–water partition coefficient (Wildman–Crippen LogP) is 2.30. The zero-order chi connectivity index (χ0) is 13.8. The van der Waals surface area contributed by atoms with E-state index in [-0.39, 0.29) is 23.1 Å². The molecule has 0 spiro atoms. The van der Waals surface area contributed by atoms with Gasteiger partial charge in [0, 0.05) is 12.0 Å². The number of hydrogen-bond donors (Lipinski definition) is 2. The summed E-state index contributed by atoms with van der Waals surface area (Å²) in [6.45, 7) is 0. The van der Waals surface area contributed by atoms with Crippen molar-refractivity contribution < 1.29 is 19.4 Å². The lowest BCUT2D eigenvalue weighted by Crippen LogP contribution is -2.22. The van der Waals surface area contributed by atoms with Gasteiger partial charge in [-0.1, -0.05) is 12.2 Å². The summed E-state index contributed by atoms with van der Waals surface area (Å²) in [5, 5.41) is 11.8. The number of methoxy groups -OCH3 is 1. The van der Waals surface area contributed by atoms with Crippen LogP contribution in [0.3, 0.4) is 0 Å². The first kappa shape index (κ1) is 13.1. The van der Waals surface area contributed by atoms with Gasteiger partial charge in [-0.2, -0.15) is 0 Å². The predicted molar refractivity (Wildman–Crippen MR) is 70.4 cm³/mol. The van der Waals surface area contributed by atoms with E-state index < -0.39 is 5.97 Å². The summed E-state index contributed by atoms with van der Waals surface area (Å²) in [4.78, 5) is 23.1. The molecule has 0 saturated carbocycles. The van der Waals surface area contributed by atoms with E-state index in [1.54, 1.807) is 6.07 Å². The molecular weight excluding hydrogens is 246 g/mol. The second-order valence-corrected chi connectivity index (χ2v) is 4.35. The lowest BCUT2D eigenvalue weighted by molar-refractivity contribution is -0.119. The topological polar surface area (TPSA) is 75.6 Å². The summed E-state index contributed by atoms with van der Waals surface area (Å²) in [5.41, 5.74) is 0.323. The maximum absolute atomic E-state index is 12.0. The van der Waals surface area contributed by atoms with Gasteiger partial charge in [0.2, 0.25) is 5.91 Å². The molecule has 0 aromatic heterocycles. The third-order valence-electron chi connectivity index (χ3n) is 3.09. The van der Waals surface area contributed by atoms with Gasteiger partial charge in [-0.15, -0.1) is 0 Å². The van der Waals surface area contributed by atoms with Crippen molar-refractivity contribution in [3.05, 3.63) is 35.9 Å². The van der Waals surface area contributed by atoms with Crippen LogP contribution in [0.25, 0.3) is 0 Å². The maximum Gasteiger partial charge on any atom is 0.337 e. The second kappa shape index (κ2) is 5.56. The number of benzene rings is 1. The Labute approximate surface area is 110 Å². The van der Waals surface area contributed by atoms with Crippen LogP contribution < -0.4 is 10.1 Å². The van der Waals surface area contributed by atoms with Crippen molar-refractivity contribution >= 4 is 17.6 Å². The number of anilines is 1. The Morgan fingerprint density at radius 2 is 2.00 bits per heavy atom. The molecule has 5 heteroatoms. The molecule has 1 aromatic rings. The maximum atomic E-state index is 12.0. The van der Waals surface area contributed by atoms with Crippen molar-refractivity contribution in [1.82, 2.24) is 0 Å². The van der Waals surface area contributed by atoms with Crippen LogP contribution in [0.5, 0.6) is 5.75 Å². The zero-order valence-electron chi connectivity index (χ0n) is 10.6. The second-order valence-electron chi connectivity index (χ2n) is 4.35. The third-order valence-corrected chi connectivity index (χ3v) is 3.09. The molecule has 0 unspecified atom stereocenters.